The number of piperazine rings is 1. The number of fused-ring (bicyclic) bond motifs is 1. The van der Waals surface area contributed by atoms with E-state index in [1.54, 1.807) is 19.2 Å². The van der Waals surface area contributed by atoms with Gasteiger partial charge >= 0.3 is 6.18 Å². The number of pyridine rings is 1. The van der Waals surface area contributed by atoms with Crippen molar-refractivity contribution in [3.63, 3.8) is 0 Å². The fourth-order valence-electron chi connectivity index (χ4n) is 5.88. The molecule has 0 spiro atoms. The summed E-state index contributed by atoms with van der Waals surface area (Å²) in [6, 6.07) is 5.40. The second kappa shape index (κ2) is 11.7. The number of allylic oxidation sites excluding steroid dienone is 1. The molecule has 224 valence electrons. The van der Waals surface area contributed by atoms with Gasteiger partial charge in [-0.15, -0.1) is 0 Å². The number of aromatic nitrogens is 3. The van der Waals surface area contributed by atoms with E-state index in [9.17, 15) is 22.8 Å². The van der Waals surface area contributed by atoms with Crippen molar-refractivity contribution in [2.75, 3.05) is 46.4 Å². The molecular formula is C29H34F3N7O3. The minimum absolute atomic E-state index is 0.0131. The molecule has 42 heavy (non-hydrogen) atoms. The summed E-state index contributed by atoms with van der Waals surface area (Å²) in [5.41, 5.74) is 4.98. The number of carbonyl (C=O) groups excluding carboxylic acids is 2. The molecule has 1 fully saturated rings. The second-order valence-corrected chi connectivity index (χ2v) is 10.7. The Hall–Kier alpha value is -3.97. The number of alkyl halides is 3. The highest BCUT2D eigenvalue weighted by Gasteiger charge is 2.34. The van der Waals surface area contributed by atoms with E-state index in [1.165, 1.54) is 12.0 Å². The Morgan fingerprint density at radius 2 is 1.95 bits per heavy atom. The minimum atomic E-state index is -4.24. The van der Waals surface area contributed by atoms with Crippen LogP contribution >= 0.6 is 0 Å². The van der Waals surface area contributed by atoms with Crippen LogP contribution in [0.4, 0.5) is 13.2 Å². The summed E-state index contributed by atoms with van der Waals surface area (Å²) in [5, 5.41) is 9.94. The van der Waals surface area contributed by atoms with Gasteiger partial charge in [0.05, 0.1) is 24.9 Å². The fourth-order valence-corrected chi connectivity index (χ4v) is 5.88. The molecule has 2 amide bonds. The van der Waals surface area contributed by atoms with Gasteiger partial charge in [0.15, 0.2) is 0 Å². The van der Waals surface area contributed by atoms with Gasteiger partial charge in [-0.2, -0.15) is 18.3 Å². The van der Waals surface area contributed by atoms with Crippen molar-refractivity contribution in [1.29, 1.82) is 0 Å². The fraction of sp³-hybridized carbons (Fsp3) is 0.448. The standard InChI is InChI=1S/C29H34F3N7O3/c1-17-13-25(42-4)22(28(41)35-17)15-33-27(40)21-14-24-20(23-5-7-34-36-23)6-8-39(24)26(18(21)2)19(3)38-11-9-37(10-12-38)16-29(30,31)32/h5-8,13-14,19,22H,9-12,15-16H2,1-4H3,(H,33,40)(H,34,36). The predicted octanol–water partition coefficient (Wildman–Crippen LogP) is 3.76. The molecule has 13 heteroatoms. The van der Waals surface area contributed by atoms with Crippen LogP contribution in [0.2, 0.25) is 0 Å². The maximum Gasteiger partial charge on any atom is 0.401 e. The van der Waals surface area contributed by atoms with Gasteiger partial charge in [0.25, 0.3) is 11.8 Å². The maximum atomic E-state index is 13.7. The zero-order valence-corrected chi connectivity index (χ0v) is 24.0. The molecule has 3 aromatic rings. The number of nitrogens with zero attached hydrogens (tertiary/aromatic N) is 5. The van der Waals surface area contributed by atoms with E-state index in [4.69, 9.17) is 4.74 Å². The van der Waals surface area contributed by atoms with Crippen LogP contribution < -0.4 is 5.32 Å². The van der Waals surface area contributed by atoms with E-state index in [1.807, 2.05) is 42.6 Å². The number of ether oxygens (including phenoxy) is 1. The van der Waals surface area contributed by atoms with Gasteiger partial charge in [0.2, 0.25) is 0 Å². The summed E-state index contributed by atoms with van der Waals surface area (Å²) >= 11 is 0. The lowest BCUT2D eigenvalue weighted by Gasteiger charge is -2.39. The normalized spacial score (nSPS) is 19.5. The zero-order valence-electron chi connectivity index (χ0n) is 24.0. The molecule has 0 bridgehead atoms. The lowest BCUT2D eigenvalue weighted by atomic mass is 9.98. The number of aliphatic imine (C=N–C) groups is 1. The van der Waals surface area contributed by atoms with E-state index in [0.29, 0.717) is 43.2 Å². The lowest BCUT2D eigenvalue weighted by molar-refractivity contribution is -0.149. The summed E-state index contributed by atoms with van der Waals surface area (Å²) in [7, 11) is 1.48. The Morgan fingerprint density at radius 1 is 1.21 bits per heavy atom. The Balaban J connectivity index is 1.46. The monoisotopic (exact) mass is 585 g/mol. The average Bonchev–Trinajstić information content (AvgIpc) is 3.61. The minimum Gasteiger partial charge on any atom is -0.500 e. The number of H-pyrrole nitrogens is 1. The van der Waals surface area contributed by atoms with Crippen molar-refractivity contribution < 1.29 is 27.5 Å². The molecule has 5 heterocycles. The summed E-state index contributed by atoms with van der Waals surface area (Å²) in [4.78, 5) is 33.8. The van der Waals surface area contributed by atoms with Crippen LogP contribution in [-0.4, -0.2) is 94.5 Å². The Morgan fingerprint density at radius 3 is 2.60 bits per heavy atom. The SMILES string of the molecule is COC1=CC(C)=NC(=O)C1CNC(=O)c1cc2c(-c3ccn[nH]3)ccn2c(C(C)N2CCN(CC(F)(F)F)CC2)c1C. The molecular weight excluding hydrogens is 551 g/mol. The molecule has 0 radical (unpaired) electrons. The van der Waals surface area contributed by atoms with Crippen molar-refractivity contribution in [3.05, 3.63) is 59.2 Å². The smallest absolute Gasteiger partial charge is 0.401 e. The second-order valence-electron chi connectivity index (χ2n) is 10.7. The lowest BCUT2D eigenvalue weighted by Crippen LogP contribution is -2.50. The highest BCUT2D eigenvalue weighted by Crippen LogP contribution is 2.33. The first-order valence-electron chi connectivity index (χ1n) is 13.8. The van der Waals surface area contributed by atoms with Crippen LogP contribution in [0.5, 0.6) is 0 Å². The van der Waals surface area contributed by atoms with Gasteiger partial charge in [-0.25, -0.2) is 4.99 Å². The topological polar surface area (TPSA) is 107 Å². The molecule has 2 unspecified atom stereocenters. The van der Waals surface area contributed by atoms with E-state index < -0.39 is 18.6 Å². The van der Waals surface area contributed by atoms with E-state index in [-0.39, 0.29) is 24.4 Å². The number of dihydropyridines is 1. The summed E-state index contributed by atoms with van der Waals surface area (Å²) in [6.45, 7) is 6.18. The van der Waals surface area contributed by atoms with Crippen LogP contribution in [0.15, 0.2) is 47.4 Å². The quantitative estimate of drug-likeness (QED) is 0.417. The van der Waals surface area contributed by atoms with Crippen molar-refractivity contribution in [2.45, 2.75) is 33.0 Å². The molecule has 0 saturated carbocycles. The Labute approximate surface area is 241 Å². The van der Waals surface area contributed by atoms with E-state index in [2.05, 4.69) is 25.4 Å². The summed E-state index contributed by atoms with van der Waals surface area (Å²) in [6.07, 6.45) is 1.03. The first-order chi connectivity index (χ1) is 20.0. The summed E-state index contributed by atoms with van der Waals surface area (Å²) < 4.78 is 46.3. The number of halogens is 3. The number of amides is 2. The van der Waals surface area contributed by atoms with Gasteiger partial charge in [-0.3, -0.25) is 24.5 Å². The molecule has 10 nitrogen and oxygen atoms in total. The third kappa shape index (κ3) is 5.97. The maximum absolute atomic E-state index is 13.7. The van der Waals surface area contributed by atoms with Crippen LogP contribution in [0.3, 0.4) is 0 Å². The Bertz CT molecular complexity index is 1530. The van der Waals surface area contributed by atoms with E-state index >= 15 is 0 Å². The molecule has 2 aliphatic rings. The third-order valence-electron chi connectivity index (χ3n) is 8.03. The zero-order chi connectivity index (χ0) is 30.2. The molecule has 5 rings (SSSR count). The number of rotatable bonds is 8. The highest BCUT2D eigenvalue weighted by molar-refractivity contribution is 6.06. The number of hydrogen-bond acceptors (Lipinski definition) is 6. The van der Waals surface area contributed by atoms with Crippen LogP contribution in [0.1, 0.15) is 41.5 Å². The highest BCUT2D eigenvalue weighted by atomic mass is 19.4. The molecule has 0 aromatic carbocycles. The van der Waals surface area contributed by atoms with Crippen molar-refractivity contribution in [3.8, 4) is 11.3 Å². The van der Waals surface area contributed by atoms with Gasteiger partial charge in [-0.1, -0.05) is 0 Å². The molecule has 3 aromatic heterocycles. The van der Waals surface area contributed by atoms with Crippen LogP contribution in [-0.2, 0) is 9.53 Å². The van der Waals surface area contributed by atoms with Crippen molar-refractivity contribution >= 4 is 23.0 Å². The molecule has 2 N–H and O–H groups in total. The molecule has 2 aliphatic heterocycles. The first kappa shape index (κ1) is 29.5. The summed E-state index contributed by atoms with van der Waals surface area (Å²) in [5.74, 6) is -1.03. The number of aromatic amines is 1. The number of methoxy groups -OCH3 is 1. The average molecular weight is 586 g/mol. The molecule has 1 saturated heterocycles. The van der Waals surface area contributed by atoms with Crippen molar-refractivity contribution in [1.82, 2.24) is 29.7 Å². The number of nitrogens with one attached hydrogen (secondary N) is 2. The molecule has 0 aliphatic carbocycles. The molecule has 2 atom stereocenters. The third-order valence-corrected chi connectivity index (χ3v) is 8.03. The first-order valence-corrected chi connectivity index (χ1v) is 13.8. The van der Waals surface area contributed by atoms with Gasteiger partial charge < -0.3 is 14.5 Å². The van der Waals surface area contributed by atoms with Crippen molar-refractivity contribution in [2.24, 2.45) is 10.9 Å². The number of carbonyl (C=O) groups is 2. The largest absolute Gasteiger partial charge is 0.500 e. The van der Waals surface area contributed by atoms with Crippen LogP contribution in [0.25, 0.3) is 16.8 Å². The van der Waals surface area contributed by atoms with Gasteiger partial charge in [-0.05, 0) is 50.6 Å². The number of hydrogen-bond donors (Lipinski definition) is 2. The van der Waals surface area contributed by atoms with Gasteiger partial charge in [0, 0.05) is 73.7 Å². The Kier molecular flexibility index (Phi) is 8.24. The van der Waals surface area contributed by atoms with E-state index in [0.717, 1.165) is 28.0 Å². The predicted molar refractivity (Wildman–Crippen MR) is 151 cm³/mol. The van der Waals surface area contributed by atoms with Gasteiger partial charge in [0.1, 0.15) is 11.7 Å². The van der Waals surface area contributed by atoms with Crippen LogP contribution in [0, 0.1) is 12.8 Å².